The second-order valence-electron chi connectivity index (χ2n) is 10.3. The van der Waals surface area contributed by atoms with Crippen molar-refractivity contribution in [2.75, 3.05) is 33.2 Å². The monoisotopic (exact) mass is 617 g/mol. The van der Waals surface area contributed by atoms with E-state index in [1.807, 2.05) is 44.0 Å². The molecule has 0 spiro atoms. The molecule has 1 aromatic heterocycles. The van der Waals surface area contributed by atoms with Crippen LogP contribution in [0.1, 0.15) is 49.0 Å². The highest BCUT2D eigenvalue weighted by molar-refractivity contribution is 9.10. The number of carboxylic acid groups (broad SMARTS) is 2. The third-order valence-electron chi connectivity index (χ3n) is 7.90. The summed E-state index contributed by atoms with van der Waals surface area (Å²) in [7, 11) is 2.02. The summed E-state index contributed by atoms with van der Waals surface area (Å²) >= 11 is 3.67. The quantitative estimate of drug-likeness (QED) is 0.296. The van der Waals surface area contributed by atoms with Crippen LogP contribution in [0.25, 0.3) is 16.5 Å². The van der Waals surface area contributed by atoms with Gasteiger partial charge in [-0.15, -0.1) is 0 Å². The summed E-state index contributed by atoms with van der Waals surface area (Å²) in [5.41, 5.74) is 3.69. The van der Waals surface area contributed by atoms with Crippen molar-refractivity contribution in [1.82, 2.24) is 25.0 Å². The van der Waals surface area contributed by atoms with E-state index in [-0.39, 0.29) is 30.8 Å². The van der Waals surface area contributed by atoms with Gasteiger partial charge in [0.2, 0.25) is 5.91 Å². The third kappa shape index (κ3) is 5.73. The van der Waals surface area contributed by atoms with Gasteiger partial charge in [0, 0.05) is 37.6 Å². The highest BCUT2D eigenvalue weighted by Crippen LogP contribution is 2.45. The van der Waals surface area contributed by atoms with Crippen molar-refractivity contribution in [3.05, 3.63) is 40.0 Å². The molecule has 4 rings (SSSR count). The van der Waals surface area contributed by atoms with Crippen LogP contribution in [0.4, 0.5) is 9.59 Å². The van der Waals surface area contributed by atoms with Gasteiger partial charge in [0.15, 0.2) is 0 Å². The van der Waals surface area contributed by atoms with Crippen LogP contribution in [0, 0.1) is 5.92 Å². The Balaban J connectivity index is 1.71. The van der Waals surface area contributed by atoms with Crippen molar-refractivity contribution < 1.29 is 29.4 Å². The minimum absolute atomic E-state index is 0.0378. The Morgan fingerprint density at radius 1 is 1.12 bits per heavy atom. The van der Waals surface area contributed by atoms with E-state index in [1.165, 1.54) is 0 Å². The molecule has 0 radical (unpaired) electrons. The summed E-state index contributed by atoms with van der Waals surface area (Å²) in [4.78, 5) is 53.4. The number of nitrogens with one attached hydrogen (secondary N) is 2. The highest BCUT2D eigenvalue weighted by atomic mass is 79.9. The number of amides is 3. The minimum atomic E-state index is -1.30. The number of fused-ring (bicyclic) bond motifs is 2. The predicted molar refractivity (Wildman–Crippen MR) is 155 cm³/mol. The van der Waals surface area contributed by atoms with Gasteiger partial charge in [-0.05, 0) is 85.3 Å². The number of hydrogen-bond donors (Lipinski definition) is 4. The number of rotatable bonds is 10. The van der Waals surface area contributed by atoms with E-state index >= 15 is 0 Å². The molecular formula is C28H36BrN5O6. The molecule has 0 bridgehead atoms. The van der Waals surface area contributed by atoms with Crippen molar-refractivity contribution in [2.24, 2.45) is 5.92 Å². The number of unbranched alkanes of at least 4 members (excludes halogenated alkanes) is 1. The Morgan fingerprint density at radius 3 is 2.50 bits per heavy atom. The van der Waals surface area contributed by atoms with Crippen LogP contribution in [0.15, 0.2) is 28.9 Å². The zero-order valence-corrected chi connectivity index (χ0v) is 24.5. The molecule has 4 N–H and O–H groups in total. The zero-order valence-electron chi connectivity index (χ0n) is 22.9. The average Bonchev–Trinajstić information content (AvgIpc) is 3.20. The van der Waals surface area contributed by atoms with Crippen LogP contribution in [0.5, 0.6) is 0 Å². The van der Waals surface area contributed by atoms with E-state index < -0.39 is 24.1 Å². The largest absolute Gasteiger partial charge is 0.465 e. The lowest BCUT2D eigenvalue weighted by Crippen LogP contribution is -2.47. The summed E-state index contributed by atoms with van der Waals surface area (Å²) in [5, 5.41) is 23.7. The number of aromatic nitrogens is 1. The van der Waals surface area contributed by atoms with Gasteiger partial charge < -0.3 is 25.7 Å². The second-order valence-corrected chi connectivity index (χ2v) is 11.0. The number of carbonyl (C=O) groups excluding carboxylic acids is 2. The summed E-state index contributed by atoms with van der Waals surface area (Å²) < 4.78 is 2.14. The van der Waals surface area contributed by atoms with Crippen LogP contribution in [-0.4, -0.2) is 93.9 Å². The number of carbonyl (C=O) groups is 4. The molecule has 1 aliphatic heterocycles. The first-order valence-corrected chi connectivity index (χ1v) is 14.4. The summed E-state index contributed by atoms with van der Waals surface area (Å²) in [6.45, 7) is 6.09. The van der Waals surface area contributed by atoms with Crippen LogP contribution >= 0.6 is 15.9 Å². The first kappa shape index (κ1) is 29.6. The molecule has 3 atom stereocenters. The number of benzene rings is 1. The standard InChI is InChI=1S/C28H36BrN5O6/c1-4-33(5-2)25(35)16-13-18-17-9-8-11-21-23(17)19(14-22(18)32(3)15-16)24(29)34(21)26(36)20(31-28(39)40)10-6-7-12-30-27(37)38/h8-9,11,13,16,20,22,30-31H,4-7,10,12,14-15H2,1-3H3,(H,37,38)(H,39,40)/t16-,20?,22?/m0/s1. The Bertz CT molecular complexity index is 1350. The maximum absolute atomic E-state index is 13.8. The van der Waals surface area contributed by atoms with Gasteiger partial charge >= 0.3 is 12.2 Å². The van der Waals surface area contributed by atoms with Gasteiger partial charge in [0.05, 0.1) is 16.0 Å². The van der Waals surface area contributed by atoms with Gasteiger partial charge in [-0.2, -0.15) is 0 Å². The highest BCUT2D eigenvalue weighted by Gasteiger charge is 2.39. The van der Waals surface area contributed by atoms with Crippen molar-refractivity contribution in [2.45, 2.75) is 51.6 Å². The van der Waals surface area contributed by atoms with Gasteiger partial charge in [0.25, 0.3) is 5.91 Å². The van der Waals surface area contributed by atoms with Gasteiger partial charge in [-0.1, -0.05) is 18.2 Å². The lowest BCUT2D eigenvalue weighted by Gasteiger charge is -2.40. The minimum Gasteiger partial charge on any atom is -0.465 e. The Kier molecular flexibility index (Phi) is 9.19. The van der Waals surface area contributed by atoms with Crippen molar-refractivity contribution in [3.63, 3.8) is 0 Å². The maximum Gasteiger partial charge on any atom is 0.405 e. The smallest absolute Gasteiger partial charge is 0.405 e. The molecule has 1 aromatic carbocycles. The second kappa shape index (κ2) is 12.4. The molecule has 12 heteroatoms. The molecule has 11 nitrogen and oxygen atoms in total. The molecule has 2 aliphatic rings. The van der Waals surface area contributed by atoms with Crippen LogP contribution in [-0.2, 0) is 11.2 Å². The maximum atomic E-state index is 13.8. The molecule has 3 amide bonds. The molecule has 0 saturated heterocycles. The van der Waals surface area contributed by atoms with Crippen LogP contribution in [0.3, 0.4) is 0 Å². The predicted octanol–water partition coefficient (Wildman–Crippen LogP) is 3.86. The normalized spacial score (nSPS) is 18.9. The molecule has 40 heavy (non-hydrogen) atoms. The lowest BCUT2D eigenvalue weighted by molar-refractivity contribution is -0.134. The Labute approximate surface area is 241 Å². The average molecular weight is 619 g/mol. The van der Waals surface area contributed by atoms with E-state index in [0.29, 0.717) is 49.0 Å². The summed E-state index contributed by atoms with van der Waals surface area (Å²) in [6, 6.07) is 4.79. The lowest BCUT2D eigenvalue weighted by atomic mass is 9.79. The molecule has 1 aliphatic carbocycles. The fourth-order valence-corrected chi connectivity index (χ4v) is 6.69. The number of likely N-dealkylation sites (N-methyl/N-ethyl adjacent to an activating group) is 1. The van der Waals surface area contributed by atoms with E-state index in [0.717, 1.165) is 22.1 Å². The third-order valence-corrected chi connectivity index (χ3v) is 8.73. The molecule has 2 heterocycles. The topological polar surface area (TPSA) is 144 Å². The molecule has 2 unspecified atom stereocenters. The SMILES string of the molecule is CCN(CC)C(=O)[C@H]1C=C2c3cccc4c3c(c(Br)n4C(=O)C(CCCCNC(=O)O)NC(=O)O)CC2N(C)C1. The van der Waals surface area contributed by atoms with Gasteiger partial charge in [-0.25, -0.2) is 9.59 Å². The first-order valence-electron chi connectivity index (χ1n) is 13.6. The molecule has 216 valence electrons. The molecule has 0 saturated carbocycles. The van der Waals surface area contributed by atoms with Gasteiger partial charge in [0.1, 0.15) is 6.04 Å². The van der Waals surface area contributed by atoms with Crippen molar-refractivity contribution in [3.8, 4) is 0 Å². The molecular weight excluding hydrogens is 582 g/mol. The number of nitrogens with zero attached hydrogens (tertiary/aromatic N) is 3. The van der Waals surface area contributed by atoms with E-state index in [1.54, 1.807) is 4.57 Å². The van der Waals surface area contributed by atoms with E-state index in [4.69, 9.17) is 5.11 Å². The Morgan fingerprint density at radius 2 is 1.85 bits per heavy atom. The molecule has 2 aromatic rings. The first-order chi connectivity index (χ1) is 19.1. The van der Waals surface area contributed by atoms with E-state index in [9.17, 15) is 24.3 Å². The molecule has 0 fully saturated rings. The van der Waals surface area contributed by atoms with Crippen LogP contribution in [0.2, 0.25) is 0 Å². The number of halogens is 1. The fraction of sp³-hybridized carbons (Fsp3) is 0.500. The zero-order chi connectivity index (χ0) is 29.1. The van der Waals surface area contributed by atoms with Gasteiger partial charge in [-0.3, -0.25) is 19.1 Å². The Hall–Kier alpha value is -3.38. The van der Waals surface area contributed by atoms with Crippen LogP contribution < -0.4 is 10.6 Å². The fourth-order valence-electron chi connectivity index (χ4n) is 5.96. The van der Waals surface area contributed by atoms with E-state index in [2.05, 4.69) is 37.5 Å². The van der Waals surface area contributed by atoms with Crippen molar-refractivity contribution >= 4 is 56.4 Å². The number of hydrogen-bond acceptors (Lipinski definition) is 5. The summed E-state index contributed by atoms with van der Waals surface area (Å²) in [5.74, 6) is -0.564. The summed E-state index contributed by atoms with van der Waals surface area (Å²) in [6.07, 6.45) is 1.44. The van der Waals surface area contributed by atoms with Crippen molar-refractivity contribution in [1.29, 1.82) is 0 Å².